The van der Waals surface area contributed by atoms with Crippen LogP contribution in [-0.2, 0) is 6.61 Å². The Bertz CT molecular complexity index is 571. The van der Waals surface area contributed by atoms with Crippen molar-refractivity contribution in [2.75, 3.05) is 5.73 Å². The van der Waals surface area contributed by atoms with Gasteiger partial charge in [-0.05, 0) is 18.4 Å². The Labute approximate surface area is 106 Å². The van der Waals surface area contributed by atoms with E-state index in [4.69, 9.17) is 10.5 Å². The summed E-state index contributed by atoms with van der Waals surface area (Å²) < 4.78 is 5.34. The molecule has 0 radical (unpaired) electrons. The Morgan fingerprint density at radius 1 is 1.56 bits per heavy atom. The van der Waals surface area contributed by atoms with E-state index >= 15 is 0 Å². The number of ether oxygens (including phenoxy) is 1. The molecule has 94 valence electrons. The molecule has 0 fully saturated rings. The van der Waals surface area contributed by atoms with Gasteiger partial charge in [-0.1, -0.05) is 6.07 Å². The molecule has 0 spiro atoms. The number of hydrogen-bond donors (Lipinski definition) is 1. The molecule has 0 unspecified atom stereocenters. The van der Waals surface area contributed by atoms with Crippen LogP contribution in [0, 0.1) is 17.0 Å². The van der Waals surface area contributed by atoms with Gasteiger partial charge in [-0.15, -0.1) is 11.3 Å². The van der Waals surface area contributed by atoms with E-state index < -0.39 is 4.92 Å². The van der Waals surface area contributed by atoms with Crippen molar-refractivity contribution >= 4 is 23.0 Å². The summed E-state index contributed by atoms with van der Waals surface area (Å²) >= 11 is 1.50. The lowest BCUT2D eigenvalue weighted by Gasteiger charge is -2.06. The smallest absolute Gasteiger partial charge is 0.352 e. The molecule has 2 N–H and O–H groups in total. The molecule has 0 aliphatic heterocycles. The number of nitrogens with two attached hydrogens (primary N) is 1. The summed E-state index contributed by atoms with van der Waals surface area (Å²) in [5, 5.41) is 12.8. The second-order valence-electron chi connectivity index (χ2n) is 3.45. The number of nitrogens with zero attached hydrogens (tertiary/aromatic N) is 3. The van der Waals surface area contributed by atoms with Crippen LogP contribution in [-0.4, -0.2) is 14.9 Å². The van der Waals surface area contributed by atoms with Crippen molar-refractivity contribution in [3.8, 4) is 5.88 Å². The number of hydrogen-bond acceptors (Lipinski definition) is 7. The molecular weight excluding hydrogens is 256 g/mol. The molecule has 7 nitrogen and oxygen atoms in total. The van der Waals surface area contributed by atoms with Gasteiger partial charge in [0, 0.05) is 4.88 Å². The minimum atomic E-state index is -0.571. The monoisotopic (exact) mass is 266 g/mol. The maximum atomic E-state index is 10.9. The fourth-order valence-corrected chi connectivity index (χ4v) is 2.02. The van der Waals surface area contributed by atoms with E-state index in [-0.39, 0.29) is 29.8 Å². The van der Waals surface area contributed by atoms with Crippen molar-refractivity contribution < 1.29 is 9.66 Å². The highest BCUT2D eigenvalue weighted by molar-refractivity contribution is 7.09. The lowest BCUT2D eigenvalue weighted by molar-refractivity contribution is -0.387. The number of nitro groups is 1. The molecule has 18 heavy (non-hydrogen) atoms. The third kappa shape index (κ3) is 2.54. The van der Waals surface area contributed by atoms with E-state index in [9.17, 15) is 10.1 Å². The van der Waals surface area contributed by atoms with Crippen LogP contribution in [0.25, 0.3) is 0 Å². The van der Waals surface area contributed by atoms with Crippen LogP contribution in [0.1, 0.15) is 10.6 Å². The molecule has 0 aliphatic carbocycles. The van der Waals surface area contributed by atoms with Gasteiger partial charge in [0.1, 0.15) is 12.3 Å². The van der Waals surface area contributed by atoms with Gasteiger partial charge in [0.05, 0.1) is 4.92 Å². The van der Waals surface area contributed by atoms with Crippen molar-refractivity contribution in [1.82, 2.24) is 9.97 Å². The molecule has 0 aliphatic rings. The van der Waals surface area contributed by atoms with Gasteiger partial charge in [-0.2, -0.15) is 4.98 Å². The maximum absolute atomic E-state index is 10.9. The summed E-state index contributed by atoms with van der Waals surface area (Å²) in [5.74, 6) is -0.141. The predicted molar refractivity (Wildman–Crippen MR) is 66.5 cm³/mol. The molecule has 2 aromatic rings. The largest absolute Gasteiger partial charge is 0.467 e. The first kappa shape index (κ1) is 12.2. The third-order valence-electron chi connectivity index (χ3n) is 2.16. The van der Waals surface area contributed by atoms with Crippen LogP contribution >= 0.6 is 11.3 Å². The molecule has 2 aromatic heterocycles. The van der Waals surface area contributed by atoms with E-state index in [1.165, 1.54) is 18.3 Å². The van der Waals surface area contributed by atoms with Crippen molar-refractivity contribution in [1.29, 1.82) is 0 Å². The fourth-order valence-electron chi connectivity index (χ4n) is 1.41. The molecule has 0 atom stereocenters. The zero-order valence-electron chi connectivity index (χ0n) is 9.49. The first-order chi connectivity index (χ1) is 8.58. The quantitative estimate of drug-likeness (QED) is 0.669. The molecule has 0 saturated heterocycles. The minimum Gasteiger partial charge on any atom is -0.467 e. The summed E-state index contributed by atoms with van der Waals surface area (Å²) in [4.78, 5) is 18.8. The Morgan fingerprint density at radius 3 is 2.94 bits per heavy atom. The first-order valence-electron chi connectivity index (χ1n) is 5.01. The summed E-state index contributed by atoms with van der Waals surface area (Å²) in [6, 6.07) is 3.74. The SMILES string of the molecule is Cc1nc(N)nc(OCc2cccs2)c1[N+](=O)[O-]. The molecule has 0 aromatic carbocycles. The van der Waals surface area contributed by atoms with Crippen molar-refractivity contribution in [3.05, 3.63) is 38.2 Å². The van der Waals surface area contributed by atoms with Gasteiger partial charge >= 0.3 is 5.69 Å². The van der Waals surface area contributed by atoms with Crippen LogP contribution in [0.15, 0.2) is 17.5 Å². The highest BCUT2D eigenvalue weighted by Gasteiger charge is 2.23. The van der Waals surface area contributed by atoms with E-state index in [0.29, 0.717) is 0 Å². The highest BCUT2D eigenvalue weighted by Crippen LogP contribution is 2.28. The van der Waals surface area contributed by atoms with Gasteiger partial charge < -0.3 is 10.5 Å². The average Bonchev–Trinajstić information content (AvgIpc) is 2.77. The molecule has 2 heterocycles. The third-order valence-corrected chi connectivity index (χ3v) is 3.01. The summed E-state index contributed by atoms with van der Waals surface area (Å²) in [7, 11) is 0. The van der Waals surface area contributed by atoms with Crippen molar-refractivity contribution in [3.63, 3.8) is 0 Å². The Hall–Kier alpha value is -2.22. The van der Waals surface area contributed by atoms with E-state index in [1.54, 1.807) is 0 Å². The second kappa shape index (κ2) is 4.96. The molecule has 0 bridgehead atoms. The zero-order chi connectivity index (χ0) is 13.1. The fraction of sp³-hybridized carbons (Fsp3) is 0.200. The van der Waals surface area contributed by atoms with E-state index in [1.807, 2.05) is 17.5 Å². The van der Waals surface area contributed by atoms with E-state index in [2.05, 4.69) is 9.97 Å². The van der Waals surface area contributed by atoms with Crippen LogP contribution in [0.2, 0.25) is 0 Å². The number of aryl methyl sites for hydroxylation is 1. The summed E-state index contributed by atoms with van der Waals surface area (Å²) in [6.45, 7) is 1.71. The normalized spacial score (nSPS) is 10.3. The van der Waals surface area contributed by atoms with Crippen molar-refractivity contribution in [2.45, 2.75) is 13.5 Å². The standard InChI is InChI=1S/C10H10N4O3S/c1-6-8(14(15)16)9(13-10(11)12-6)17-5-7-3-2-4-18-7/h2-4H,5H2,1H3,(H2,11,12,13). The second-order valence-corrected chi connectivity index (χ2v) is 4.48. The lowest BCUT2D eigenvalue weighted by Crippen LogP contribution is -2.06. The number of aromatic nitrogens is 2. The zero-order valence-corrected chi connectivity index (χ0v) is 10.3. The lowest BCUT2D eigenvalue weighted by atomic mass is 10.3. The van der Waals surface area contributed by atoms with Crippen LogP contribution in [0.3, 0.4) is 0 Å². The van der Waals surface area contributed by atoms with E-state index in [0.717, 1.165) is 4.88 Å². The van der Waals surface area contributed by atoms with Gasteiger partial charge in [0.25, 0.3) is 5.88 Å². The molecule has 0 amide bonds. The predicted octanol–water partition coefficient (Wildman–Crippen LogP) is 1.92. The maximum Gasteiger partial charge on any atom is 0.352 e. The Balaban J connectivity index is 2.28. The van der Waals surface area contributed by atoms with Crippen LogP contribution in [0.5, 0.6) is 5.88 Å². The molecule has 2 rings (SSSR count). The molecule has 0 saturated carbocycles. The average molecular weight is 266 g/mol. The Kier molecular flexibility index (Phi) is 3.38. The number of thiophene rings is 1. The van der Waals surface area contributed by atoms with Gasteiger partial charge in [-0.25, -0.2) is 4.98 Å². The molecule has 8 heteroatoms. The van der Waals surface area contributed by atoms with Crippen LogP contribution in [0.4, 0.5) is 11.6 Å². The minimum absolute atomic E-state index is 0.0423. The summed E-state index contributed by atoms with van der Waals surface area (Å²) in [6.07, 6.45) is 0. The number of anilines is 1. The first-order valence-corrected chi connectivity index (χ1v) is 5.89. The van der Waals surface area contributed by atoms with Crippen molar-refractivity contribution in [2.24, 2.45) is 0 Å². The van der Waals surface area contributed by atoms with Gasteiger partial charge in [-0.3, -0.25) is 10.1 Å². The Morgan fingerprint density at radius 2 is 2.33 bits per heavy atom. The summed E-state index contributed by atoms with van der Waals surface area (Å²) in [5.41, 5.74) is 5.39. The van der Waals surface area contributed by atoms with Gasteiger partial charge in [0.2, 0.25) is 5.95 Å². The van der Waals surface area contributed by atoms with Crippen LogP contribution < -0.4 is 10.5 Å². The molecular formula is C10H10N4O3S. The van der Waals surface area contributed by atoms with Gasteiger partial charge in [0.15, 0.2) is 0 Å². The topological polar surface area (TPSA) is 104 Å². The number of nitrogen functional groups attached to an aromatic ring is 1. The number of rotatable bonds is 4. The highest BCUT2D eigenvalue weighted by atomic mass is 32.1.